The first kappa shape index (κ1) is 51.6. The van der Waals surface area contributed by atoms with E-state index in [0.29, 0.717) is 38.4 Å². The van der Waals surface area contributed by atoms with Crippen LogP contribution in [0.15, 0.2) is 11.0 Å². The molecule has 1 aliphatic rings. The van der Waals surface area contributed by atoms with E-state index in [0.717, 1.165) is 0 Å². The Labute approximate surface area is 354 Å². The predicted octanol–water partition coefficient (Wildman–Crippen LogP) is 3.53. The molecule has 3 heterocycles. The van der Waals surface area contributed by atoms with Crippen molar-refractivity contribution < 1.29 is 79.7 Å². The van der Waals surface area contributed by atoms with Crippen molar-refractivity contribution >= 4 is 94.6 Å². The molecular formula is C30H47N4O18P3S4. The molecule has 0 amide bonds. The van der Waals surface area contributed by atoms with Crippen LogP contribution in [0, 0.1) is 11.8 Å². The summed E-state index contributed by atoms with van der Waals surface area (Å²) in [5.41, 5.74) is 5.49. The minimum Gasteiger partial charge on any atom is -0.466 e. The highest BCUT2D eigenvalue weighted by Gasteiger charge is 2.44. The third-order valence-corrected chi connectivity index (χ3v) is 15.1. The highest BCUT2D eigenvalue weighted by atomic mass is 33.1. The zero-order valence-corrected chi connectivity index (χ0v) is 38.2. The van der Waals surface area contributed by atoms with Crippen molar-refractivity contribution in [2.24, 2.45) is 0 Å². The standard InChI is InChI=1S/C30H47N4O18P3S4/c1-20(35)46-14-11-30(2,3)58-57-18-45-12-7-8-13-47-25(36)10-6-5-9-21-16-34(27-26(21)28(37)33-29(31)32-27)24-15-22(48-19-59(4)56)23(50-24)17-49-54(41,42)52-55(43,44)51-53(38,39)40/h16,22-24H,6-8,10-15,17-19H2,1-4H3,(H,41,42)(H,43,44)(H2,38,39,40)(H3,31,32,33,37)/t22-,23+,24+,59?/m0/s1. The van der Waals surface area contributed by atoms with Gasteiger partial charge in [-0.1, -0.05) is 42.9 Å². The number of rotatable bonds is 25. The molecule has 3 unspecified atom stereocenters. The summed E-state index contributed by atoms with van der Waals surface area (Å²) < 4.78 is 76.6. The number of H-pyrrole nitrogens is 1. The molecule has 0 radical (unpaired) electrons. The molecule has 0 spiro atoms. The van der Waals surface area contributed by atoms with Gasteiger partial charge in [-0.15, -0.1) is 0 Å². The molecule has 0 aliphatic carbocycles. The molecule has 59 heavy (non-hydrogen) atoms. The number of nitrogens with zero attached hydrogens (tertiary/aromatic N) is 2. The summed E-state index contributed by atoms with van der Waals surface area (Å²) in [6, 6.07) is 0. The minimum absolute atomic E-state index is 0.0191. The average Bonchev–Trinajstić information content (AvgIpc) is 3.66. The number of carbonyl (C=O) groups is 2. The van der Waals surface area contributed by atoms with Crippen molar-refractivity contribution in [3.63, 3.8) is 0 Å². The summed E-state index contributed by atoms with van der Waals surface area (Å²) in [7, 11) is -14.3. The number of hydrogen-bond donors (Lipinski definition) is 6. The quantitative estimate of drug-likeness (QED) is 0.0207. The molecule has 2 aromatic heterocycles. The number of hydrogen-bond acceptors (Lipinski definition) is 19. The number of nitrogens with two attached hydrogens (primary N) is 1. The van der Waals surface area contributed by atoms with E-state index in [1.54, 1.807) is 27.8 Å². The number of aromatic nitrogens is 3. The second-order valence-electron chi connectivity index (χ2n) is 13.1. The molecule has 0 aromatic carbocycles. The lowest BCUT2D eigenvalue weighted by molar-refractivity contribution is -0.144. The lowest BCUT2D eigenvalue weighted by atomic mass is 10.1. The lowest BCUT2D eigenvalue weighted by Gasteiger charge is -2.22. The van der Waals surface area contributed by atoms with Gasteiger partial charge >= 0.3 is 35.4 Å². The molecule has 1 saturated heterocycles. The largest absolute Gasteiger partial charge is 0.490 e. The maximum atomic E-state index is 13.0. The molecule has 3 rings (SSSR count). The third-order valence-electron chi connectivity index (χ3n) is 7.51. The van der Waals surface area contributed by atoms with Crippen molar-refractivity contribution in [3.8, 4) is 11.8 Å². The Morgan fingerprint density at radius 2 is 1.85 bits per heavy atom. The fraction of sp³-hybridized carbons (Fsp3) is 0.667. The van der Waals surface area contributed by atoms with Crippen molar-refractivity contribution in [1.82, 2.24) is 14.5 Å². The summed E-state index contributed by atoms with van der Waals surface area (Å²) in [4.78, 5) is 79.9. The van der Waals surface area contributed by atoms with Crippen molar-refractivity contribution in [1.29, 1.82) is 0 Å². The fourth-order valence-corrected chi connectivity index (χ4v) is 10.8. The Hall–Kier alpha value is -1.72. The van der Waals surface area contributed by atoms with E-state index >= 15 is 0 Å². The van der Waals surface area contributed by atoms with Gasteiger partial charge in [0, 0.05) is 37.3 Å². The number of aromatic amines is 1. The van der Waals surface area contributed by atoms with Crippen LogP contribution in [0.1, 0.15) is 71.1 Å². The van der Waals surface area contributed by atoms with E-state index in [1.807, 2.05) is 0 Å². The molecule has 22 nitrogen and oxygen atoms in total. The second-order valence-corrected chi connectivity index (χ2v) is 23.5. The number of carbonyl (C=O) groups excluding carboxylic acids is 2. The Morgan fingerprint density at radius 3 is 2.53 bits per heavy atom. The maximum Gasteiger partial charge on any atom is 0.490 e. The number of phosphoric ester groups is 1. The van der Waals surface area contributed by atoms with Crippen LogP contribution in [-0.4, -0.2) is 108 Å². The van der Waals surface area contributed by atoms with Crippen LogP contribution in [0.4, 0.5) is 5.95 Å². The normalized spacial score (nSPS) is 19.7. The third kappa shape index (κ3) is 19.5. The second kappa shape index (κ2) is 23.6. The van der Waals surface area contributed by atoms with Crippen LogP contribution < -0.4 is 11.3 Å². The monoisotopic (exact) mass is 972 g/mol. The van der Waals surface area contributed by atoms with Gasteiger partial charge < -0.3 is 53.6 Å². The molecular weight excluding hydrogens is 926 g/mol. The average molecular weight is 973 g/mol. The number of anilines is 1. The van der Waals surface area contributed by atoms with Crippen LogP contribution in [0.5, 0.6) is 0 Å². The molecule has 7 N–H and O–H groups in total. The van der Waals surface area contributed by atoms with Gasteiger partial charge in [0.2, 0.25) is 5.95 Å². The molecule has 334 valence electrons. The first-order valence-corrected chi connectivity index (χ1v) is 26.9. The molecule has 6 atom stereocenters. The first-order valence-electron chi connectivity index (χ1n) is 17.4. The van der Waals surface area contributed by atoms with Crippen molar-refractivity contribution in [3.05, 3.63) is 22.1 Å². The zero-order valence-electron chi connectivity index (χ0n) is 32.2. The highest BCUT2D eigenvalue weighted by Crippen LogP contribution is 2.66. The van der Waals surface area contributed by atoms with Gasteiger partial charge in [-0.25, -0.2) is 13.7 Å². The summed E-state index contributed by atoms with van der Waals surface area (Å²) in [5, 5.41) is 0.0508. The van der Waals surface area contributed by atoms with E-state index in [-0.39, 0.29) is 65.1 Å². The van der Waals surface area contributed by atoms with E-state index in [2.05, 4.69) is 44.3 Å². The summed E-state index contributed by atoms with van der Waals surface area (Å²) >= 11 is 5.20. The van der Waals surface area contributed by atoms with Crippen molar-refractivity contribution in [2.45, 2.75) is 82.5 Å². The van der Waals surface area contributed by atoms with Gasteiger partial charge in [-0.3, -0.25) is 23.9 Å². The Kier molecular flexibility index (Phi) is 20.7. The fourth-order valence-electron chi connectivity index (χ4n) is 4.98. The molecule has 2 aromatic rings. The van der Waals surface area contributed by atoms with Gasteiger partial charge in [0.05, 0.1) is 49.2 Å². The smallest absolute Gasteiger partial charge is 0.466 e. The molecule has 1 fully saturated rings. The Morgan fingerprint density at radius 1 is 1.14 bits per heavy atom. The summed E-state index contributed by atoms with van der Waals surface area (Å²) in [6.45, 7) is 5.77. The van der Waals surface area contributed by atoms with Crippen LogP contribution in [0.25, 0.3) is 11.0 Å². The van der Waals surface area contributed by atoms with Gasteiger partial charge in [0.1, 0.15) is 18.3 Å². The highest BCUT2D eigenvalue weighted by molar-refractivity contribution is 8.77. The van der Waals surface area contributed by atoms with Crippen LogP contribution in [0.2, 0.25) is 0 Å². The summed E-state index contributed by atoms with van der Waals surface area (Å²) in [5.74, 6) is 5.28. The van der Waals surface area contributed by atoms with Crippen LogP contribution in [0.3, 0.4) is 0 Å². The van der Waals surface area contributed by atoms with E-state index < -0.39 is 69.5 Å². The van der Waals surface area contributed by atoms with Crippen LogP contribution in [-0.2, 0) is 80.8 Å². The minimum atomic E-state index is -5.76. The molecule has 0 bridgehead atoms. The van der Waals surface area contributed by atoms with Crippen molar-refractivity contribution in [2.75, 3.05) is 50.3 Å². The number of nitrogens with one attached hydrogen (secondary N) is 1. The number of nitrogen functional groups attached to an aromatic ring is 1. The van der Waals surface area contributed by atoms with Gasteiger partial charge in [-0.05, 0) is 50.6 Å². The number of unbranched alkanes of at least 4 members (excludes halogenated alkanes) is 1. The topological polar surface area (TPSA) is 317 Å². The van der Waals surface area contributed by atoms with Gasteiger partial charge in [0.25, 0.3) is 5.56 Å². The van der Waals surface area contributed by atoms with Gasteiger partial charge in [0.15, 0.2) is 5.65 Å². The SMILES string of the molecule is CC(=O)OCCC(C)(C)SSCOCCCCOC(=O)CCC#Cc1cn([C@H]2C[C@H](OCS(C)=S)[C@@H](COP(=O)(O)OP(=O)(O)OP(=O)(O)O)O2)c2nc(N)[nH]c(=O)c12. The summed E-state index contributed by atoms with van der Waals surface area (Å²) in [6.07, 6.45) is 2.29. The molecule has 0 saturated carbocycles. The zero-order chi connectivity index (χ0) is 44.0. The van der Waals surface area contributed by atoms with Crippen LogP contribution >= 0.6 is 45.1 Å². The molecule has 29 heteroatoms. The molecule has 1 aliphatic heterocycles. The number of phosphoric acid groups is 3. The van der Waals surface area contributed by atoms with Gasteiger partial charge in [-0.2, -0.15) is 13.6 Å². The lowest BCUT2D eigenvalue weighted by Crippen LogP contribution is -2.29. The first-order chi connectivity index (χ1) is 27.5. The maximum absolute atomic E-state index is 13.0. The number of fused-ring (bicyclic) bond motifs is 1. The van der Waals surface area contributed by atoms with E-state index in [1.165, 1.54) is 17.7 Å². The number of ether oxygens (including phenoxy) is 5. The van der Waals surface area contributed by atoms with E-state index in [4.69, 9.17) is 54.9 Å². The van der Waals surface area contributed by atoms with E-state index in [9.17, 15) is 37.9 Å². The Balaban J connectivity index is 1.56. The predicted molar refractivity (Wildman–Crippen MR) is 221 cm³/mol. The Bertz CT molecular complexity index is 2050. The number of esters is 2.